The summed E-state index contributed by atoms with van der Waals surface area (Å²) in [4.78, 5) is 14.4. The smallest absolute Gasteiger partial charge is 0.261 e. The summed E-state index contributed by atoms with van der Waals surface area (Å²) in [6.45, 7) is 2.08. The van der Waals surface area contributed by atoms with Crippen LogP contribution in [-0.2, 0) is 0 Å². The van der Waals surface area contributed by atoms with E-state index in [0.29, 0.717) is 0 Å². The lowest BCUT2D eigenvalue weighted by Gasteiger charge is -2.14. The second-order valence-electron chi connectivity index (χ2n) is 4.86. The number of nitrogen functional groups attached to an aromatic ring is 1. The number of carbonyl (C=O) groups is 1. The lowest BCUT2D eigenvalue weighted by Crippen LogP contribution is -2.26. The third-order valence-electron chi connectivity index (χ3n) is 3.36. The first-order chi connectivity index (χ1) is 10.2. The molecule has 3 aromatic rings. The molecule has 1 amide bonds. The molecule has 0 spiro atoms. The number of thiophene rings is 2. The van der Waals surface area contributed by atoms with Crippen LogP contribution in [0.1, 0.15) is 33.9 Å². The first kappa shape index (κ1) is 14.1. The lowest BCUT2D eigenvalue weighted by atomic mass is 10.2. The Kier molecular flexibility index (Phi) is 3.94. The molecule has 5 heteroatoms. The number of fused-ring (bicyclic) bond motifs is 1. The van der Waals surface area contributed by atoms with E-state index in [4.69, 9.17) is 5.73 Å². The Bertz CT molecular complexity index is 762. The maximum absolute atomic E-state index is 12.4. The summed E-state index contributed by atoms with van der Waals surface area (Å²) in [6, 6.07) is 11.8. The largest absolute Gasteiger partial charge is 0.399 e. The van der Waals surface area contributed by atoms with E-state index in [1.807, 2.05) is 35.7 Å². The van der Waals surface area contributed by atoms with Gasteiger partial charge in [-0.15, -0.1) is 22.7 Å². The van der Waals surface area contributed by atoms with Gasteiger partial charge in [-0.3, -0.25) is 4.79 Å². The summed E-state index contributed by atoms with van der Waals surface area (Å²) < 4.78 is 1.08. The Morgan fingerprint density at radius 2 is 2.19 bits per heavy atom. The molecule has 1 atom stereocenters. The molecule has 3 N–H and O–H groups in total. The minimum absolute atomic E-state index is 0.0185. The van der Waals surface area contributed by atoms with Gasteiger partial charge >= 0.3 is 0 Å². The molecule has 0 fully saturated rings. The Labute approximate surface area is 131 Å². The third kappa shape index (κ3) is 2.94. The van der Waals surface area contributed by atoms with E-state index in [1.54, 1.807) is 11.3 Å². The topological polar surface area (TPSA) is 55.1 Å². The second kappa shape index (κ2) is 5.87. The molecule has 1 unspecified atom stereocenters. The lowest BCUT2D eigenvalue weighted by molar-refractivity contribution is 0.0940. The zero-order valence-electron chi connectivity index (χ0n) is 11.6. The number of nitrogens with two attached hydrogens (primary N) is 1. The van der Waals surface area contributed by atoms with Crippen LogP contribution in [0.3, 0.4) is 0 Å². The second-order valence-corrected chi connectivity index (χ2v) is 6.92. The van der Waals surface area contributed by atoms with Gasteiger partial charge < -0.3 is 11.1 Å². The molecule has 0 bridgehead atoms. The maximum atomic E-state index is 12.4. The number of anilines is 1. The van der Waals surface area contributed by atoms with Crippen LogP contribution in [0.15, 0.2) is 41.8 Å². The van der Waals surface area contributed by atoms with Crippen molar-refractivity contribution >= 4 is 44.4 Å². The van der Waals surface area contributed by atoms with Crippen LogP contribution in [0, 0.1) is 0 Å². The van der Waals surface area contributed by atoms with E-state index in [1.165, 1.54) is 16.2 Å². The van der Waals surface area contributed by atoms with Crippen molar-refractivity contribution in [2.75, 3.05) is 5.73 Å². The molecular formula is C16H16N2OS2. The van der Waals surface area contributed by atoms with Crippen molar-refractivity contribution < 1.29 is 4.79 Å². The summed E-state index contributed by atoms with van der Waals surface area (Å²) in [6.07, 6.45) is 0.879. The molecule has 0 aliphatic heterocycles. The molecule has 21 heavy (non-hydrogen) atoms. The minimum Gasteiger partial charge on any atom is -0.399 e. The van der Waals surface area contributed by atoms with Crippen LogP contribution in [0.2, 0.25) is 0 Å². The average molecular weight is 316 g/mol. The van der Waals surface area contributed by atoms with Gasteiger partial charge in [0.1, 0.15) is 0 Å². The molecule has 3 rings (SSSR count). The maximum Gasteiger partial charge on any atom is 0.261 e. The fourth-order valence-electron chi connectivity index (χ4n) is 2.27. The molecule has 0 saturated heterocycles. The van der Waals surface area contributed by atoms with Crippen LogP contribution in [0.25, 0.3) is 10.1 Å². The number of nitrogens with one attached hydrogen (secondary N) is 1. The van der Waals surface area contributed by atoms with Crippen LogP contribution < -0.4 is 11.1 Å². The van der Waals surface area contributed by atoms with Gasteiger partial charge in [0, 0.05) is 15.3 Å². The molecule has 0 saturated carbocycles. The first-order valence-corrected chi connectivity index (χ1v) is 8.50. The highest BCUT2D eigenvalue weighted by Crippen LogP contribution is 2.28. The molecule has 2 aromatic heterocycles. The van der Waals surface area contributed by atoms with E-state index in [-0.39, 0.29) is 11.9 Å². The van der Waals surface area contributed by atoms with Crippen LogP contribution in [0.5, 0.6) is 0 Å². The molecule has 0 radical (unpaired) electrons. The summed E-state index contributed by atoms with van der Waals surface area (Å²) >= 11 is 3.17. The third-order valence-corrected chi connectivity index (χ3v) is 5.47. The van der Waals surface area contributed by atoms with Gasteiger partial charge in [-0.2, -0.15) is 0 Å². The van der Waals surface area contributed by atoms with Gasteiger partial charge in [0.2, 0.25) is 0 Å². The highest BCUT2D eigenvalue weighted by Gasteiger charge is 2.16. The Morgan fingerprint density at radius 1 is 1.33 bits per heavy atom. The van der Waals surface area contributed by atoms with Crippen molar-refractivity contribution in [2.45, 2.75) is 19.4 Å². The molecule has 1 aromatic carbocycles. The minimum atomic E-state index is -0.0185. The average Bonchev–Trinajstić information content (AvgIpc) is 3.12. The fraction of sp³-hybridized carbons (Fsp3) is 0.188. The van der Waals surface area contributed by atoms with E-state index < -0.39 is 0 Å². The van der Waals surface area contributed by atoms with Crippen molar-refractivity contribution in [3.05, 3.63) is 51.5 Å². The number of rotatable bonds is 4. The monoisotopic (exact) mass is 316 g/mol. The standard InChI is InChI=1S/C16H16N2OS2/c1-2-12(14-4-3-7-20-14)18-16(19)15-9-10-8-11(17)5-6-13(10)21-15/h3-9,12H,2,17H2,1H3,(H,18,19). The van der Waals surface area contributed by atoms with Gasteiger partial charge in [0.25, 0.3) is 5.91 Å². The predicted octanol–water partition coefficient (Wildman–Crippen LogP) is 4.43. The van der Waals surface area contributed by atoms with Gasteiger partial charge in [-0.05, 0) is 47.5 Å². The van der Waals surface area contributed by atoms with Crippen molar-refractivity contribution in [1.82, 2.24) is 5.32 Å². The zero-order valence-corrected chi connectivity index (χ0v) is 13.3. The highest BCUT2D eigenvalue weighted by molar-refractivity contribution is 7.20. The Morgan fingerprint density at radius 3 is 2.90 bits per heavy atom. The zero-order chi connectivity index (χ0) is 14.8. The fourth-order valence-corrected chi connectivity index (χ4v) is 4.07. The summed E-state index contributed by atoms with van der Waals surface area (Å²) in [7, 11) is 0. The van der Waals surface area contributed by atoms with Gasteiger partial charge in [0.15, 0.2) is 0 Å². The van der Waals surface area contributed by atoms with Crippen LogP contribution in [-0.4, -0.2) is 5.91 Å². The van der Waals surface area contributed by atoms with Gasteiger partial charge in [0.05, 0.1) is 10.9 Å². The molecular weight excluding hydrogens is 300 g/mol. The molecule has 108 valence electrons. The number of hydrogen-bond donors (Lipinski definition) is 2. The molecule has 0 aliphatic carbocycles. The Hall–Kier alpha value is -1.85. The van der Waals surface area contributed by atoms with Crippen molar-refractivity contribution in [3.8, 4) is 0 Å². The van der Waals surface area contributed by atoms with E-state index in [0.717, 1.165) is 27.1 Å². The number of amides is 1. The summed E-state index contributed by atoms with van der Waals surface area (Å²) in [5, 5.41) is 6.17. The van der Waals surface area contributed by atoms with E-state index >= 15 is 0 Å². The van der Waals surface area contributed by atoms with Gasteiger partial charge in [-0.25, -0.2) is 0 Å². The van der Waals surface area contributed by atoms with Crippen molar-refractivity contribution in [1.29, 1.82) is 0 Å². The van der Waals surface area contributed by atoms with Crippen molar-refractivity contribution in [2.24, 2.45) is 0 Å². The summed E-state index contributed by atoms with van der Waals surface area (Å²) in [5.74, 6) is -0.0185. The Balaban J connectivity index is 1.83. The van der Waals surface area contributed by atoms with Crippen LogP contribution >= 0.6 is 22.7 Å². The van der Waals surface area contributed by atoms with Crippen LogP contribution in [0.4, 0.5) is 5.69 Å². The highest BCUT2D eigenvalue weighted by atomic mass is 32.1. The van der Waals surface area contributed by atoms with Crippen molar-refractivity contribution in [3.63, 3.8) is 0 Å². The normalized spacial score (nSPS) is 12.4. The quantitative estimate of drug-likeness (QED) is 0.700. The predicted molar refractivity (Wildman–Crippen MR) is 91.1 cm³/mol. The molecule has 0 aliphatic rings. The number of benzene rings is 1. The number of carbonyl (C=O) groups excluding carboxylic acids is 1. The SMILES string of the molecule is CCC(NC(=O)c1cc2cc(N)ccc2s1)c1cccs1. The first-order valence-electron chi connectivity index (χ1n) is 6.80. The number of hydrogen-bond acceptors (Lipinski definition) is 4. The summed E-state index contributed by atoms with van der Waals surface area (Å²) in [5.41, 5.74) is 6.50. The van der Waals surface area contributed by atoms with Gasteiger partial charge in [-0.1, -0.05) is 13.0 Å². The molecule has 3 nitrogen and oxygen atoms in total. The molecule has 2 heterocycles. The van der Waals surface area contributed by atoms with E-state index in [9.17, 15) is 4.79 Å². The van der Waals surface area contributed by atoms with E-state index in [2.05, 4.69) is 18.3 Å².